The largest absolute Gasteiger partial charge is 0.405 e. The van der Waals surface area contributed by atoms with Crippen molar-refractivity contribution in [1.82, 2.24) is 0 Å². The van der Waals surface area contributed by atoms with Gasteiger partial charge in [0.15, 0.2) is 0 Å². The molecule has 0 heterocycles. The fourth-order valence-electron chi connectivity index (χ4n) is 1.41. The molecule has 1 aromatic carbocycles. The standard InChI is InChI=1S/C10H12F3N3O2/c1-2-14-7-4-3-5-8(9(7)16(17)18)15-6-10(11,12)13/h3-5,14-15H,2,6H2,1H3. The Bertz CT molecular complexity index is 435. The van der Waals surface area contributed by atoms with E-state index in [-0.39, 0.29) is 17.1 Å². The molecule has 0 radical (unpaired) electrons. The molecule has 0 aliphatic rings. The fourth-order valence-corrected chi connectivity index (χ4v) is 1.41. The van der Waals surface area contributed by atoms with E-state index < -0.39 is 17.6 Å². The number of hydrogen-bond donors (Lipinski definition) is 2. The van der Waals surface area contributed by atoms with Gasteiger partial charge in [-0.05, 0) is 19.1 Å². The summed E-state index contributed by atoms with van der Waals surface area (Å²) in [6, 6.07) is 4.13. The van der Waals surface area contributed by atoms with Crippen LogP contribution in [-0.4, -0.2) is 24.2 Å². The molecule has 5 nitrogen and oxygen atoms in total. The van der Waals surface area contributed by atoms with Crippen molar-refractivity contribution < 1.29 is 18.1 Å². The van der Waals surface area contributed by atoms with E-state index in [1.165, 1.54) is 18.2 Å². The molecular formula is C10H12F3N3O2. The Morgan fingerprint density at radius 1 is 1.28 bits per heavy atom. The Kier molecular flexibility index (Phi) is 4.35. The highest BCUT2D eigenvalue weighted by Crippen LogP contribution is 2.33. The van der Waals surface area contributed by atoms with Gasteiger partial charge in [-0.25, -0.2) is 0 Å². The van der Waals surface area contributed by atoms with Crippen LogP contribution in [0.15, 0.2) is 18.2 Å². The summed E-state index contributed by atoms with van der Waals surface area (Å²) in [7, 11) is 0. The molecule has 0 spiro atoms. The van der Waals surface area contributed by atoms with Crippen LogP contribution in [0.2, 0.25) is 0 Å². The average Bonchev–Trinajstić information content (AvgIpc) is 2.25. The van der Waals surface area contributed by atoms with Gasteiger partial charge in [-0.2, -0.15) is 13.2 Å². The van der Waals surface area contributed by atoms with E-state index in [1.807, 2.05) is 5.32 Å². The molecule has 0 aliphatic heterocycles. The zero-order valence-corrected chi connectivity index (χ0v) is 9.54. The third-order valence-corrected chi connectivity index (χ3v) is 2.07. The minimum atomic E-state index is -4.43. The monoisotopic (exact) mass is 263 g/mol. The molecule has 0 amide bonds. The molecule has 0 unspecified atom stereocenters. The third-order valence-electron chi connectivity index (χ3n) is 2.07. The lowest BCUT2D eigenvalue weighted by molar-refractivity contribution is -0.383. The Labute approximate surface area is 101 Å². The number of nitro benzene ring substituents is 1. The number of hydrogen-bond acceptors (Lipinski definition) is 4. The molecule has 0 fully saturated rings. The van der Waals surface area contributed by atoms with Crippen LogP contribution in [0.4, 0.5) is 30.2 Å². The summed E-state index contributed by atoms with van der Waals surface area (Å²) < 4.78 is 36.2. The van der Waals surface area contributed by atoms with Crippen LogP contribution in [0.5, 0.6) is 0 Å². The first-order chi connectivity index (χ1) is 8.35. The van der Waals surface area contributed by atoms with Gasteiger partial charge in [0.05, 0.1) is 4.92 Å². The molecule has 1 rings (SSSR count). The summed E-state index contributed by atoms with van der Waals surface area (Å²) >= 11 is 0. The second kappa shape index (κ2) is 5.56. The maximum absolute atomic E-state index is 12.1. The van der Waals surface area contributed by atoms with Crippen molar-refractivity contribution >= 4 is 17.1 Å². The maximum atomic E-state index is 12.1. The zero-order valence-electron chi connectivity index (χ0n) is 9.54. The minimum Gasteiger partial charge on any atom is -0.380 e. The molecule has 18 heavy (non-hydrogen) atoms. The molecule has 0 bridgehead atoms. The van der Waals surface area contributed by atoms with Gasteiger partial charge >= 0.3 is 11.9 Å². The Morgan fingerprint density at radius 3 is 2.28 bits per heavy atom. The summed E-state index contributed by atoms with van der Waals surface area (Å²) in [4.78, 5) is 10.2. The van der Waals surface area contributed by atoms with Crippen LogP contribution in [0, 0.1) is 10.1 Å². The van der Waals surface area contributed by atoms with Crippen LogP contribution in [0.3, 0.4) is 0 Å². The summed E-state index contributed by atoms with van der Waals surface area (Å²) in [5.41, 5.74) is -0.353. The molecule has 1 aromatic rings. The first-order valence-corrected chi connectivity index (χ1v) is 5.17. The van der Waals surface area contributed by atoms with Gasteiger partial charge in [0, 0.05) is 6.54 Å². The first-order valence-electron chi connectivity index (χ1n) is 5.17. The van der Waals surface area contributed by atoms with E-state index in [4.69, 9.17) is 0 Å². The number of anilines is 2. The van der Waals surface area contributed by atoms with E-state index in [9.17, 15) is 23.3 Å². The molecule has 0 aliphatic carbocycles. The predicted octanol–water partition coefficient (Wildman–Crippen LogP) is 3.00. The second-order valence-corrected chi connectivity index (χ2v) is 3.46. The van der Waals surface area contributed by atoms with Crippen LogP contribution >= 0.6 is 0 Å². The molecule has 0 atom stereocenters. The highest BCUT2D eigenvalue weighted by molar-refractivity contribution is 5.76. The number of para-hydroxylation sites is 1. The topological polar surface area (TPSA) is 67.2 Å². The number of alkyl halides is 3. The van der Waals surface area contributed by atoms with Crippen molar-refractivity contribution in [2.45, 2.75) is 13.1 Å². The number of halogens is 3. The van der Waals surface area contributed by atoms with Gasteiger partial charge < -0.3 is 10.6 Å². The summed E-state index contributed by atoms with van der Waals surface area (Å²) in [5, 5.41) is 15.6. The van der Waals surface area contributed by atoms with Crippen molar-refractivity contribution in [3.8, 4) is 0 Å². The SMILES string of the molecule is CCNc1cccc(NCC(F)(F)F)c1[N+](=O)[O-]. The van der Waals surface area contributed by atoms with Crippen molar-refractivity contribution in [2.24, 2.45) is 0 Å². The molecule has 0 saturated heterocycles. The minimum absolute atomic E-state index is 0.157. The number of benzene rings is 1. The quantitative estimate of drug-likeness (QED) is 0.633. The number of rotatable bonds is 5. The lowest BCUT2D eigenvalue weighted by atomic mass is 10.2. The van der Waals surface area contributed by atoms with Crippen LogP contribution < -0.4 is 10.6 Å². The Hall–Kier alpha value is -1.99. The summed E-state index contributed by atoms with van der Waals surface area (Å²) in [6.45, 7) is 0.854. The predicted molar refractivity (Wildman–Crippen MR) is 61.8 cm³/mol. The lowest BCUT2D eigenvalue weighted by Crippen LogP contribution is -2.21. The molecule has 8 heteroatoms. The Balaban J connectivity index is 3.03. The average molecular weight is 263 g/mol. The first kappa shape index (κ1) is 14.1. The second-order valence-electron chi connectivity index (χ2n) is 3.46. The van der Waals surface area contributed by atoms with Crippen molar-refractivity contribution in [1.29, 1.82) is 0 Å². The van der Waals surface area contributed by atoms with Crippen molar-refractivity contribution in [3.05, 3.63) is 28.3 Å². The van der Waals surface area contributed by atoms with E-state index in [0.29, 0.717) is 6.54 Å². The van der Waals surface area contributed by atoms with E-state index in [1.54, 1.807) is 6.92 Å². The molecule has 2 N–H and O–H groups in total. The molecular weight excluding hydrogens is 251 g/mol. The molecule has 0 saturated carbocycles. The van der Waals surface area contributed by atoms with Crippen molar-refractivity contribution in [3.63, 3.8) is 0 Å². The smallest absolute Gasteiger partial charge is 0.380 e. The highest BCUT2D eigenvalue weighted by atomic mass is 19.4. The summed E-state index contributed by atoms with van der Waals surface area (Å²) in [5.74, 6) is 0. The van der Waals surface area contributed by atoms with E-state index in [2.05, 4.69) is 5.32 Å². The van der Waals surface area contributed by atoms with Gasteiger partial charge in [0.2, 0.25) is 0 Å². The lowest BCUT2D eigenvalue weighted by Gasteiger charge is -2.12. The van der Waals surface area contributed by atoms with Gasteiger partial charge in [0.25, 0.3) is 0 Å². The fraction of sp³-hybridized carbons (Fsp3) is 0.400. The number of nitro groups is 1. The van der Waals surface area contributed by atoms with Gasteiger partial charge in [-0.3, -0.25) is 10.1 Å². The van der Waals surface area contributed by atoms with Crippen LogP contribution in [0.1, 0.15) is 6.92 Å². The summed E-state index contributed by atoms with van der Waals surface area (Å²) in [6.07, 6.45) is -4.43. The highest BCUT2D eigenvalue weighted by Gasteiger charge is 2.28. The number of nitrogens with one attached hydrogen (secondary N) is 2. The van der Waals surface area contributed by atoms with E-state index in [0.717, 1.165) is 0 Å². The maximum Gasteiger partial charge on any atom is 0.405 e. The van der Waals surface area contributed by atoms with Crippen LogP contribution in [-0.2, 0) is 0 Å². The zero-order chi connectivity index (χ0) is 13.8. The van der Waals surface area contributed by atoms with Gasteiger partial charge in [-0.15, -0.1) is 0 Å². The molecule has 0 aromatic heterocycles. The van der Waals surface area contributed by atoms with Crippen LogP contribution in [0.25, 0.3) is 0 Å². The van der Waals surface area contributed by atoms with Crippen molar-refractivity contribution in [2.75, 3.05) is 23.7 Å². The van der Waals surface area contributed by atoms with Gasteiger partial charge in [0.1, 0.15) is 17.9 Å². The normalized spacial score (nSPS) is 11.1. The number of nitrogens with zero attached hydrogens (tertiary/aromatic N) is 1. The third kappa shape index (κ3) is 3.79. The van der Waals surface area contributed by atoms with Gasteiger partial charge in [-0.1, -0.05) is 6.07 Å². The Morgan fingerprint density at radius 2 is 1.83 bits per heavy atom. The van der Waals surface area contributed by atoms with E-state index >= 15 is 0 Å². The molecule has 100 valence electrons.